The van der Waals surface area contributed by atoms with E-state index in [9.17, 15) is 4.39 Å². The number of benzene rings is 1. The number of guanidine groups is 1. The average Bonchev–Trinajstić information content (AvgIpc) is 3.18. The Morgan fingerprint density at radius 3 is 2.93 bits per heavy atom. The number of likely N-dealkylation sites (tertiary alicyclic amines) is 1. The predicted octanol–water partition coefficient (Wildman–Crippen LogP) is 3.89. The summed E-state index contributed by atoms with van der Waals surface area (Å²) in [7, 11) is 1.82. The van der Waals surface area contributed by atoms with E-state index in [1.807, 2.05) is 37.9 Å². The molecule has 0 aliphatic carbocycles. The SMILES string of the molecule is CN=C(NCCSc1ccccc1F)N1CCC(C)C(n2ccnc2)C1.I. The Kier molecular flexibility index (Phi) is 8.88. The molecule has 0 bridgehead atoms. The zero-order valence-corrected chi connectivity index (χ0v) is 18.9. The summed E-state index contributed by atoms with van der Waals surface area (Å²) in [5, 5.41) is 3.42. The maximum Gasteiger partial charge on any atom is 0.193 e. The second-order valence-electron chi connectivity index (χ2n) is 6.54. The molecule has 2 heterocycles. The molecule has 1 fully saturated rings. The molecule has 1 saturated heterocycles. The molecule has 0 spiro atoms. The molecule has 8 heteroatoms. The van der Waals surface area contributed by atoms with Crippen molar-refractivity contribution < 1.29 is 4.39 Å². The zero-order valence-electron chi connectivity index (χ0n) is 15.7. The van der Waals surface area contributed by atoms with Crippen molar-refractivity contribution >= 4 is 41.7 Å². The molecule has 5 nitrogen and oxygen atoms in total. The highest BCUT2D eigenvalue weighted by atomic mass is 127. The molecule has 27 heavy (non-hydrogen) atoms. The molecule has 1 aliphatic heterocycles. The zero-order chi connectivity index (χ0) is 18.4. The van der Waals surface area contributed by atoms with E-state index in [0.29, 0.717) is 16.9 Å². The molecule has 2 atom stereocenters. The summed E-state index contributed by atoms with van der Waals surface area (Å²) in [6, 6.07) is 7.30. The normalized spacial score (nSPS) is 20.3. The van der Waals surface area contributed by atoms with Gasteiger partial charge in [-0.3, -0.25) is 4.99 Å². The number of halogens is 2. The lowest BCUT2D eigenvalue weighted by Gasteiger charge is -2.39. The Morgan fingerprint density at radius 2 is 2.22 bits per heavy atom. The van der Waals surface area contributed by atoms with Crippen LogP contribution < -0.4 is 5.32 Å². The van der Waals surface area contributed by atoms with Crippen LogP contribution in [0.15, 0.2) is 52.9 Å². The van der Waals surface area contributed by atoms with Gasteiger partial charge in [0.05, 0.1) is 12.4 Å². The number of hydrogen-bond donors (Lipinski definition) is 1. The summed E-state index contributed by atoms with van der Waals surface area (Å²) in [5.74, 6) is 2.15. The van der Waals surface area contributed by atoms with E-state index in [2.05, 4.69) is 31.7 Å². The number of aromatic nitrogens is 2. The van der Waals surface area contributed by atoms with Gasteiger partial charge >= 0.3 is 0 Å². The van der Waals surface area contributed by atoms with Gasteiger partial charge in [0, 0.05) is 49.7 Å². The topological polar surface area (TPSA) is 45.5 Å². The lowest BCUT2D eigenvalue weighted by atomic mass is 9.93. The van der Waals surface area contributed by atoms with Gasteiger partial charge in [0.15, 0.2) is 5.96 Å². The van der Waals surface area contributed by atoms with Gasteiger partial charge in [0.2, 0.25) is 0 Å². The highest BCUT2D eigenvalue weighted by Crippen LogP contribution is 2.27. The van der Waals surface area contributed by atoms with Crippen molar-refractivity contribution in [2.45, 2.75) is 24.3 Å². The van der Waals surface area contributed by atoms with E-state index in [4.69, 9.17) is 0 Å². The molecule has 1 aromatic carbocycles. The minimum Gasteiger partial charge on any atom is -0.355 e. The second-order valence-corrected chi connectivity index (χ2v) is 7.68. The van der Waals surface area contributed by atoms with Crippen LogP contribution in [0.3, 0.4) is 0 Å². The first-order valence-electron chi connectivity index (χ1n) is 8.99. The number of rotatable bonds is 5. The highest BCUT2D eigenvalue weighted by molar-refractivity contribution is 14.0. The van der Waals surface area contributed by atoms with Gasteiger partial charge in [0.25, 0.3) is 0 Å². The molecule has 1 aliphatic rings. The fourth-order valence-electron chi connectivity index (χ4n) is 3.31. The van der Waals surface area contributed by atoms with Crippen LogP contribution in [0.4, 0.5) is 4.39 Å². The molecular weight excluding hydrogens is 476 g/mol. The largest absolute Gasteiger partial charge is 0.355 e. The van der Waals surface area contributed by atoms with Gasteiger partial charge in [-0.05, 0) is 24.5 Å². The van der Waals surface area contributed by atoms with Crippen molar-refractivity contribution in [1.29, 1.82) is 0 Å². The van der Waals surface area contributed by atoms with Crippen LogP contribution >= 0.6 is 35.7 Å². The fourth-order valence-corrected chi connectivity index (χ4v) is 4.12. The predicted molar refractivity (Wildman–Crippen MR) is 121 cm³/mol. The summed E-state index contributed by atoms with van der Waals surface area (Å²) in [5.41, 5.74) is 0. The molecule has 0 radical (unpaired) electrons. The fraction of sp³-hybridized carbons (Fsp3) is 0.474. The summed E-state index contributed by atoms with van der Waals surface area (Å²) in [4.78, 5) is 11.6. The van der Waals surface area contributed by atoms with Gasteiger partial charge in [-0.2, -0.15) is 0 Å². The van der Waals surface area contributed by atoms with Gasteiger partial charge in [0.1, 0.15) is 5.82 Å². The van der Waals surface area contributed by atoms with Crippen LogP contribution in [-0.4, -0.2) is 52.8 Å². The summed E-state index contributed by atoms with van der Waals surface area (Å²) < 4.78 is 15.9. The van der Waals surface area contributed by atoms with Crippen molar-refractivity contribution in [3.05, 3.63) is 48.8 Å². The van der Waals surface area contributed by atoms with Crippen LogP contribution in [0.2, 0.25) is 0 Å². The average molecular weight is 503 g/mol. The maximum absolute atomic E-state index is 13.7. The first-order valence-corrected chi connectivity index (χ1v) is 9.98. The van der Waals surface area contributed by atoms with E-state index >= 15 is 0 Å². The minimum absolute atomic E-state index is 0. The summed E-state index contributed by atoms with van der Waals surface area (Å²) in [6.07, 6.45) is 6.88. The van der Waals surface area contributed by atoms with Crippen molar-refractivity contribution in [2.75, 3.05) is 32.4 Å². The molecule has 2 unspecified atom stereocenters. The number of piperidine rings is 1. The van der Waals surface area contributed by atoms with Gasteiger partial charge < -0.3 is 14.8 Å². The number of imidazole rings is 1. The number of hydrogen-bond acceptors (Lipinski definition) is 3. The molecule has 0 amide bonds. The Hall–Kier alpha value is -1.29. The third-order valence-electron chi connectivity index (χ3n) is 4.82. The first-order chi connectivity index (χ1) is 12.7. The van der Waals surface area contributed by atoms with E-state index < -0.39 is 0 Å². The number of nitrogens with one attached hydrogen (secondary N) is 1. The second kappa shape index (κ2) is 10.9. The van der Waals surface area contributed by atoms with Crippen molar-refractivity contribution in [3.8, 4) is 0 Å². The van der Waals surface area contributed by atoms with E-state index in [1.54, 1.807) is 6.07 Å². The lowest BCUT2D eigenvalue weighted by Crippen LogP contribution is -2.49. The van der Waals surface area contributed by atoms with Gasteiger partial charge in [-0.25, -0.2) is 9.37 Å². The van der Waals surface area contributed by atoms with Crippen LogP contribution in [0, 0.1) is 11.7 Å². The number of thioether (sulfide) groups is 1. The van der Waals surface area contributed by atoms with Crippen molar-refractivity contribution in [1.82, 2.24) is 19.8 Å². The van der Waals surface area contributed by atoms with Crippen LogP contribution in [0.5, 0.6) is 0 Å². The highest BCUT2D eigenvalue weighted by Gasteiger charge is 2.28. The van der Waals surface area contributed by atoms with Crippen LogP contribution in [0.25, 0.3) is 0 Å². The third kappa shape index (κ3) is 5.84. The number of aliphatic imine (C=N–C) groups is 1. The van der Waals surface area contributed by atoms with Crippen LogP contribution in [0.1, 0.15) is 19.4 Å². The Bertz CT molecular complexity index is 725. The van der Waals surface area contributed by atoms with E-state index in [-0.39, 0.29) is 29.8 Å². The first kappa shape index (κ1) is 22.0. The third-order valence-corrected chi connectivity index (χ3v) is 5.87. The Labute approximate surface area is 181 Å². The van der Waals surface area contributed by atoms with Crippen LogP contribution in [-0.2, 0) is 0 Å². The molecule has 3 rings (SSSR count). The Balaban J connectivity index is 0.00000261. The standard InChI is InChI=1S/C19H26FN5S.HI/c1-15-7-10-24(13-17(15)25-11-8-22-14-25)19(21-2)23-9-12-26-18-6-4-3-5-16(18)20;/h3-6,8,11,14-15,17H,7,9-10,12-13H2,1-2H3,(H,21,23);1H. The Morgan fingerprint density at radius 1 is 1.41 bits per heavy atom. The molecule has 1 aromatic heterocycles. The van der Waals surface area contributed by atoms with Crippen molar-refractivity contribution in [3.63, 3.8) is 0 Å². The van der Waals surface area contributed by atoms with Gasteiger partial charge in [-0.1, -0.05) is 19.1 Å². The summed E-state index contributed by atoms with van der Waals surface area (Å²) in [6.45, 7) is 4.95. The van der Waals surface area contributed by atoms with E-state index in [0.717, 1.165) is 37.8 Å². The molecule has 148 valence electrons. The minimum atomic E-state index is -0.157. The molecule has 1 N–H and O–H groups in total. The summed E-state index contributed by atoms with van der Waals surface area (Å²) >= 11 is 1.52. The van der Waals surface area contributed by atoms with E-state index in [1.165, 1.54) is 17.8 Å². The van der Waals surface area contributed by atoms with Crippen molar-refractivity contribution in [2.24, 2.45) is 10.9 Å². The molecule has 2 aromatic rings. The maximum atomic E-state index is 13.7. The molecular formula is C19H27FIN5S. The monoisotopic (exact) mass is 503 g/mol. The number of nitrogens with zero attached hydrogens (tertiary/aromatic N) is 4. The lowest BCUT2D eigenvalue weighted by molar-refractivity contribution is 0.189. The smallest absolute Gasteiger partial charge is 0.193 e. The quantitative estimate of drug-likeness (QED) is 0.221. The van der Waals surface area contributed by atoms with Gasteiger partial charge in [-0.15, -0.1) is 35.7 Å². The molecule has 0 saturated carbocycles.